The number of hydrogen-bond donors (Lipinski definition) is 0. The Morgan fingerprint density at radius 2 is 2.26 bits per heavy atom. The van der Waals surface area contributed by atoms with Gasteiger partial charge in [0.05, 0.1) is 25.8 Å². The average Bonchev–Trinajstić information content (AvgIpc) is 3.10. The summed E-state index contributed by atoms with van der Waals surface area (Å²) in [6, 6.07) is 0.202. The quantitative estimate of drug-likeness (QED) is 0.833. The van der Waals surface area contributed by atoms with Crippen LogP contribution in [0.1, 0.15) is 23.9 Å². The molecule has 1 aromatic heterocycles. The summed E-state index contributed by atoms with van der Waals surface area (Å²) in [5, 5.41) is 3.06. The van der Waals surface area contributed by atoms with Crippen LogP contribution in [0.3, 0.4) is 0 Å². The highest BCUT2D eigenvalue weighted by atomic mass is 32.1. The van der Waals surface area contributed by atoms with Crippen LogP contribution in [-0.2, 0) is 9.53 Å². The standard InChI is InChI=1S/C13H19N3O2S/c17-12(10-15-5-7-18-8-6-15)16-4-1-2-11(16)13-14-3-9-19-13/h3,9,11H,1-2,4-8,10H2/t11-/m0/s1. The van der Waals surface area contributed by atoms with Gasteiger partial charge in [0, 0.05) is 31.2 Å². The molecule has 0 unspecified atom stereocenters. The van der Waals surface area contributed by atoms with E-state index in [9.17, 15) is 4.79 Å². The molecule has 0 N–H and O–H groups in total. The number of nitrogens with zero attached hydrogens (tertiary/aromatic N) is 3. The van der Waals surface area contributed by atoms with Gasteiger partial charge in [0.25, 0.3) is 0 Å². The first kappa shape index (κ1) is 13.0. The predicted molar refractivity (Wildman–Crippen MR) is 73.1 cm³/mol. The molecule has 0 spiro atoms. The van der Waals surface area contributed by atoms with E-state index in [1.807, 2.05) is 16.5 Å². The Hall–Kier alpha value is -0.980. The van der Waals surface area contributed by atoms with Gasteiger partial charge < -0.3 is 9.64 Å². The predicted octanol–water partition coefficient (Wildman–Crippen LogP) is 1.14. The lowest BCUT2D eigenvalue weighted by atomic mass is 10.2. The molecule has 0 bridgehead atoms. The van der Waals surface area contributed by atoms with E-state index >= 15 is 0 Å². The molecular formula is C13H19N3O2S. The van der Waals surface area contributed by atoms with Crippen molar-refractivity contribution in [2.24, 2.45) is 0 Å². The van der Waals surface area contributed by atoms with Crippen LogP contribution in [0.4, 0.5) is 0 Å². The van der Waals surface area contributed by atoms with E-state index in [-0.39, 0.29) is 11.9 Å². The monoisotopic (exact) mass is 281 g/mol. The maximum absolute atomic E-state index is 12.4. The first-order valence-electron chi connectivity index (χ1n) is 6.83. The molecule has 5 nitrogen and oxygen atoms in total. The third kappa shape index (κ3) is 2.96. The van der Waals surface area contributed by atoms with Crippen LogP contribution in [0, 0.1) is 0 Å². The van der Waals surface area contributed by atoms with Crippen molar-refractivity contribution in [2.75, 3.05) is 39.4 Å². The minimum atomic E-state index is 0.202. The molecule has 6 heteroatoms. The minimum Gasteiger partial charge on any atom is -0.379 e. The van der Waals surface area contributed by atoms with Gasteiger partial charge in [-0.25, -0.2) is 4.98 Å². The van der Waals surface area contributed by atoms with Crippen LogP contribution < -0.4 is 0 Å². The zero-order chi connectivity index (χ0) is 13.1. The Morgan fingerprint density at radius 1 is 1.42 bits per heavy atom. The second kappa shape index (κ2) is 5.98. The van der Waals surface area contributed by atoms with E-state index in [0.29, 0.717) is 6.54 Å². The molecule has 0 aromatic carbocycles. The Balaban J connectivity index is 1.62. The molecule has 19 heavy (non-hydrogen) atoms. The first-order valence-corrected chi connectivity index (χ1v) is 7.71. The Labute approximate surface area is 117 Å². The second-order valence-corrected chi connectivity index (χ2v) is 5.93. The number of amides is 1. The van der Waals surface area contributed by atoms with Crippen molar-refractivity contribution in [3.63, 3.8) is 0 Å². The Bertz CT molecular complexity index is 418. The van der Waals surface area contributed by atoms with Crippen molar-refractivity contribution in [2.45, 2.75) is 18.9 Å². The van der Waals surface area contributed by atoms with Crippen molar-refractivity contribution in [3.05, 3.63) is 16.6 Å². The van der Waals surface area contributed by atoms with Crippen molar-refractivity contribution in [3.8, 4) is 0 Å². The fourth-order valence-corrected chi connectivity index (χ4v) is 3.55. The summed E-state index contributed by atoms with van der Waals surface area (Å²) >= 11 is 1.65. The molecule has 0 radical (unpaired) electrons. The van der Waals surface area contributed by atoms with E-state index in [1.165, 1.54) is 0 Å². The summed E-state index contributed by atoms with van der Waals surface area (Å²) < 4.78 is 5.31. The Morgan fingerprint density at radius 3 is 3.00 bits per heavy atom. The maximum atomic E-state index is 12.4. The van der Waals surface area contributed by atoms with Crippen LogP contribution in [0.5, 0.6) is 0 Å². The SMILES string of the molecule is O=C(CN1CCOCC1)N1CCC[C@H]1c1nccs1. The van der Waals surface area contributed by atoms with Gasteiger partial charge in [-0.05, 0) is 12.8 Å². The second-order valence-electron chi connectivity index (χ2n) is 5.00. The highest BCUT2D eigenvalue weighted by Crippen LogP contribution is 2.32. The number of morpholine rings is 1. The van der Waals surface area contributed by atoms with Crippen LogP contribution in [-0.4, -0.2) is 60.1 Å². The van der Waals surface area contributed by atoms with Crippen LogP contribution in [0.2, 0.25) is 0 Å². The van der Waals surface area contributed by atoms with Crippen molar-refractivity contribution in [1.29, 1.82) is 0 Å². The summed E-state index contributed by atoms with van der Waals surface area (Å²) in [7, 11) is 0. The van der Waals surface area contributed by atoms with Crippen LogP contribution in [0.15, 0.2) is 11.6 Å². The number of aromatic nitrogens is 1. The third-order valence-electron chi connectivity index (χ3n) is 3.77. The number of rotatable bonds is 3. The first-order chi connectivity index (χ1) is 9.34. The van der Waals surface area contributed by atoms with Gasteiger partial charge in [0.1, 0.15) is 5.01 Å². The lowest BCUT2D eigenvalue weighted by Crippen LogP contribution is -2.44. The summed E-state index contributed by atoms with van der Waals surface area (Å²) in [6.45, 7) is 4.59. The normalized spacial score (nSPS) is 24.8. The van der Waals surface area contributed by atoms with E-state index < -0.39 is 0 Å². The summed E-state index contributed by atoms with van der Waals surface area (Å²) in [4.78, 5) is 21.0. The highest BCUT2D eigenvalue weighted by molar-refractivity contribution is 7.09. The van der Waals surface area contributed by atoms with Crippen molar-refractivity contribution in [1.82, 2.24) is 14.8 Å². The maximum Gasteiger partial charge on any atom is 0.237 e. The summed E-state index contributed by atoms with van der Waals surface area (Å²) in [6.07, 6.45) is 3.95. The average molecular weight is 281 g/mol. The molecule has 2 saturated heterocycles. The molecule has 3 heterocycles. The minimum absolute atomic E-state index is 0.202. The molecule has 2 fully saturated rings. The number of carbonyl (C=O) groups is 1. The van der Waals surface area contributed by atoms with Gasteiger partial charge in [-0.2, -0.15) is 0 Å². The van der Waals surface area contributed by atoms with Gasteiger partial charge in [-0.1, -0.05) is 0 Å². The van der Waals surface area contributed by atoms with E-state index in [4.69, 9.17) is 4.74 Å². The fourth-order valence-electron chi connectivity index (χ4n) is 2.76. The van der Waals surface area contributed by atoms with Crippen LogP contribution >= 0.6 is 11.3 Å². The zero-order valence-corrected chi connectivity index (χ0v) is 11.8. The van der Waals surface area contributed by atoms with E-state index in [2.05, 4.69) is 9.88 Å². The molecule has 104 valence electrons. The molecule has 1 atom stereocenters. The topological polar surface area (TPSA) is 45.7 Å². The lowest BCUT2D eigenvalue weighted by molar-refractivity contribution is -0.134. The molecule has 3 rings (SSSR count). The number of likely N-dealkylation sites (tertiary alicyclic amines) is 1. The van der Waals surface area contributed by atoms with Crippen LogP contribution in [0.25, 0.3) is 0 Å². The van der Waals surface area contributed by atoms with Crippen molar-refractivity contribution < 1.29 is 9.53 Å². The highest BCUT2D eigenvalue weighted by Gasteiger charge is 2.32. The molecule has 1 amide bonds. The third-order valence-corrected chi connectivity index (χ3v) is 4.65. The van der Waals surface area contributed by atoms with E-state index in [0.717, 1.165) is 50.7 Å². The number of carbonyl (C=O) groups excluding carboxylic acids is 1. The molecule has 1 aromatic rings. The summed E-state index contributed by atoms with van der Waals surface area (Å²) in [5.41, 5.74) is 0. The molecule has 2 aliphatic rings. The largest absolute Gasteiger partial charge is 0.379 e. The van der Waals surface area contributed by atoms with Gasteiger partial charge in [-0.15, -0.1) is 11.3 Å². The smallest absolute Gasteiger partial charge is 0.237 e. The molecule has 2 aliphatic heterocycles. The lowest BCUT2D eigenvalue weighted by Gasteiger charge is -2.29. The van der Waals surface area contributed by atoms with E-state index in [1.54, 1.807) is 11.3 Å². The zero-order valence-electron chi connectivity index (χ0n) is 11.0. The van der Waals surface area contributed by atoms with Crippen molar-refractivity contribution >= 4 is 17.2 Å². The number of thiazole rings is 1. The summed E-state index contributed by atoms with van der Waals surface area (Å²) in [5.74, 6) is 0.236. The number of hydrogen-bond acceptors (Lipinski definition) is 5. The molecule has 0 aliphatic carbocycles. The number of ether oxygens (including phenoxy) is 1. The van der Waals surface area contributed by atoms with Gasteiger partial charge >= 0.3 is 0 Å². The van der Waals surface area contributed by atoms with Gasteiger partial charge in [0.2, 0.25) is 5.91 Å². The van der Waals surface area contributed by atoms with Gasteiger partial charge in [0.15, 0.2) is 0 Å². The molecular weight excluding hydrogens is 262 g/mol. The molecule has 0 saturated carbocycles. The van der Waals surface area contributed by atoms with Gasteiger partial charge in [-0.3, -0.25) is 9.69 Å². The Kier molecular flexibility index (Phi) is 4.10. The fraction of sp³-hybridized carbons (Fsp3) is 0.692.